The van der Waals surface area contributed by atoms with Gasteiger partial charge in [-0.25, -0.2) is 4.68 Å². The Hall–Kier alpha value is -3.60. The second kappa shape index (κ2) is 16.8. The summed E-state index contributed by atoms with van der Waals surface area (Å²) in [6, 6.07) is 15.9. The van der Waals surface area contributed by atoms with Gasteiger partial charge in [-0.3, -0.25) is 9.59 Å². The van der Waals surface area contributed by atoms with Crippen molar-refractivity contribution in [1.29, 1.82) is 0 Å². The van der Waals surface area contributed by atoms with Crippen molar-refractivity contribution in [2.45, 2.75) is 85.4 Å². The van der Waals surface area contributed by atoms with Crippen LogP contribution in [0.1, 0.15) is 72.8 Å². The predicted molar refractivity (Wildman–Crippen MR) is 180 cm³/mol. The number of nitrogens with zero attached hydrogens (tertiary/aromatic N) is 4. The Morgan fingerprint density at radius 1 is 0.891 bits per heavy atom. The minimum absolute atomic E-state index is 0.0787. The number of nitrogens with one attached hydrogen (secondary N) is 1. The molecule has 2 heterocycles. The zero-order valence-corrected chi connectivity index (χ0v) is 28.4. The number of anilines is 1. The van der Waals surface area contributed by atoms with E-state index >= 15 is 0 Å². The zero-order chi connectivity index (χ0) is 33.1. The van der Waals surface area contributed by atoms with Gasteiger partial charge in [0.1, 0.15) is 5.69 Å². The van der Waals surface area contributed by atoms with Crippen LogP contribution < -0.4 is 10.2 Å². The summed E-state index contributed by atoms with van der Waals surface area (Å²) in [5.74, 6) is 0.305. The minimum atomic E-state index is -0.369. The fourth-order valence-corrected chi connectivity index (χ4v) is 5.40. The number of ether oxygens (including phenoxy) is 3. The van der Waals surface area contributed by atoms with Crippen LogP contribution in [-0.2, 0) is 35.9 Å². The summed E-state index contributed by atoms with van der Waals surface area (Å²) in [5, 5.41) is 12.2. The smallest absolute Gasteiger partial charge is 0.227 e. The van der Waals surface area contributed by atoms with Crippen LogP contribution in [0.2, 0.25) is 0 Å². The third kappa shape index (κ3) is 9.47. The van der Waals surface area contributed by atoms with Gasteiger partial charge in [0.25, 0.3) is 0 Å². The maximum absolute atomic E-state index is 13.8. The van der Waals surface area contributed by atoms with Crippen molar-refractivity contribution in [3.05, 3.63) is 54.1 Å². The summed E-state index contributed by atoms with van der Waals surface area (Å²) in [4.78, 5) is 28.2. The molecular weight excluding hydrogens is 582 g/mol. The van der Waals surface area contributed by atoms with Gasteiger partial charge in [0, 0.05) is 43.7 Å². The molecular formula is C36H51N5O5. The van der Waals surface area contributed by atoms with E-state index in [0.717, 1.165) is 53.2 Å². The van der Waals surface area contributed by atoms with Gasteiger partial charge < -0.3 is 24.4 Å². The van der Waals surface area contributed by atoms with E-state index in [-0.39, 0.29) is 36.3 Å². The summed E-state index contributed by atoms with van der Waals surface area (Å²) >= 11 is 0. The number of aromatic nitrogens is 3. The molecule has 0 unspecified atom stereocenters. The third-order valence-corrected chi connectivity index (χ3v) is 8.11. The summed E-state index contributed by atoms with van der Waals surface area (Å²) in [6.45, 7) is 16.2. The predicted octanol–water partition coefficient (Wildman–Crippen LogP) is 5.98. The van der Waals surface area contributed by atoms with E-state index in [1.807, 2.05) is 61.0 Å². The highest BCUT2D eigenvalue weighted by molar-refractivity contribution is 6.01. The number of carbonyl (C=O) groups is 2. The van der Waals surface area contributed by atoms with E-state index in [9.17, 15) is 9.59 Å². The molecule has 2 amide bonds. The van der Waals surface area contributed by atoms with Gasteiger partial charge in [-0.2, -0.15) is 0 Å². The lowest BCUT2D eigenvalue weighted by atomic mass is 9.93. The Morgan fingerprint density at radius 3 is 2.33 bits per heavy atom. The highest BCUT2D eigenvalue weighted by Crippen LogP contribution is 2.43. The lowest BCUT2D eigenvalue weighted by Crippen LogP contribution is -2.34. The normalized spacial score (nSPS) is 12.8. The quantitative estimate of drug-likeness (QED) is 0.182. The van der Waals surface area contributed by atoms with Crippen LogP contribution in [0, 0.1) is 5.92 Å². The molecule has 46 heavy (non-hydrogen) atoms. The molecule has 3 aromatic rings. The van der Waals surface area contributed by atoms with Gasteiger partial charge >= 0.3 is 0 Å². The first-order valence-corrected chi connectivity index (χ1v) is 16.6. The zero-order valence-electron chi connectivity index (χ0n) is 28.4. The molecule has 1 N–H and O–H groups in total. The Labute approximate surface area is 273 Å². The number of rotatable bonds is 17. The molecule has 0 bridgehead atoms. The van der Waals surface area contributed by atoms with Crippen molar-refractivity contribution in [2.24, 2.45) is 5.92 Å². The SMILES string of the molecule is CC(C)CCOCCOCCNC(=O)CCC(=O)N1Cc2ccccc2-c2c(nnn2C(C)(C)CCOC(C)C)-c2ccccc21. The van der Waals surface area contributed by atoms with Crippen LogP contribution in [-0.4, -0.2) is 72.5 Å². The first kappa shape index (κ1) is 35.3. The lowest BCUT2D eigenvalue weighted by molar-refractivity contribution is -0.125. The monoisotopic (exact) mass is 633 g/mol. The molecule has 1 aliphatic rings. The average molecular weight is 634 g/mol. The number of carbonyl (C=O) groups excluding carboxylic acids is 2. The summed E-state index contributed by atoms with van der Waals surface area (Å²) < 4.78 is 19.0. The van der Waals surface area contributed by atoms with Gasteiger partial charge in [0.05, 0.1) is 49.4 Å². The number of hydrogen-bond acceptors (Lipinski definition) is 7. The average Bonchev–Trinajstić information content (AvgIpc) is 3.46. The molecule has 2 aromatic carbocycles. The summed E-state index contributed by atoms with van der Waals surface area (Å²) in [6.07, 6.45) is 2.11. The molecule has 0 spiro atoms. The van der Waals surface area contributed by atoms with Crippen molar-refractivity contribution < 1.29 is 23.8 Å². The number of fused-ring (bicyclic) bond motifs is 5. The molecule has 0 aliphatic carbocycles. The van der Waals surface area contributed by atoms with Crippen molar-refractivity contribution in [2.75, 3.05) is 44.5 Å². The van der Waals surface area contributed by atoms with Crippen LogP contribution in [0.4, 0.5) is 5.69 Å². The number of hydrogen-bond donors (Lipinski definition) is 1. The molecule has 1 aromatic heterocycles. The topological polar surface area (TPSA) is 108 Å². The first-order valence-electron chi connectivity index (χ1n) is 16.6. The fraction of sp³-hybridized carbons (Fsp3) is 0.556. The van der Waals surface area contributed by atoms with E-state index < -0.39 is 0 Å². The van der Waals surface area contributed by atoms with Crippen LogP contribution in [0.15, 0.2) is 48.5 Å². The maximum atomic E-state index is 13.8. The van der Waals surface area contributed by atoms with Gasteiger partial charge in [0.15, 0.2) is 0 Å². The first-order chi connectivity index (χ1) is 22.1. The molecule has 0 atom stereocenters. The minimum Gasteiger partial charge on any atom is -0.379 e. The third-order valence-electron chi connectivity index (χ3n) is 8.11. The van der Waals surface area contributed by atoms with E-state index in [1.54, 1.807) is 4.90 Å². The molecule has 10 heteroatoms. The number of para-hydroxylation sites is 1. The Morgan fingerprint density at radius 2 is 1.59 bits per heavy atom. The largest absolute Gasteiger partial charge is 0.379 e. The van der Waals surface area contributed by atoms with Crippen LogP contribution in [0.25, 0.3) is 22.5 Å². The molecule has 0 saturated heterocycles. The lowest BCUT2D eigenvalue weighted by Gasteiger charge is -2.31. The number of amides is 2. The Balaban J connectivity index is 1.45. The maximum Gasteiger partial charge on any atom is 0.227 e. The van der Waals surface area contributed by atoms with Crippen LogP contribution in [0.5, 0.6) is 0 Å². The van der Waals surface area contributed by atoms with Gasteiger partial charge in [-0.05, 0) is 58.1 Å². The van der Waals surface area contributed by atoms with Crippen LogP contribution >= 0.6 is 0 Å². The standard InChI is InChI=1S/C36H51N5O5/c1-26(2)17-20-44-23-24-45-22-19-37-32(42)15-16-33(43)40-25-28-11-7-8-12-29(28)35-34(30-13-9-10-14-31(30)40)38-39-41(35)36(5,6)18-21-46-27(3)4/h7-14,26-27H,15-25H2,1-6H3,(H,37,42). The second-order valence-electron chi connectivity index (χ2n) is 13.1. The molecule has 0 saturated carbocycles. The van der Waals surface area contributed by atoms with Crippen molar-refractivity contribution >= 4 is 17.5 Å². The van der Waals surface area contributed by atoms with Crippen molar-refractivity contribution in [3.63, 3.8) is 0 Å². The van der Waals surface area contributed by atoms with E-state index in [2.05, 4.69) is 44.3 Å². The second-order valence-corrected chi connectivity index (χ2v) is 13.1. The van der Waals surface area contributed by atoms with Gasteiger partial charge in [-0.15, -0.1) is 5.10 Å². The highest BCUT2D eigenvalue weighted by atomic mass is 16.5. The van der Waals surface area contributed by atoms with Crippen LogP contribution in [0.3, 0.4) is 0 Å². The number of benzene rings is 2. The van der Waals surface area contributed by atoms with E-state index in [1.165, 1.54) is 0 Å². The molecule has 0 radical (unpaired) electrons. The van der Waals surface area contributed by atoms with E-state index in [4.69, 9.17) is 19.3 Å². The van der Waals surface area contributed by atoms with E-state index in [0.29, 0.717) is 45.4 Å². The van der Waals surface area contributed by atoms with Crippen molar-refractivity contribution in [1.82, 2.24) is 20.3 Å². The van der Waals surface area contributed by atoms with Gasteiger partial charge in [-0.1, -0.05) is 61.5 Å². The molecule has 4 rings (SSSR count). The molecule has 0 fully saturated rings. The Bertz CT molecular complexity index is 1430. The molecule has 250 valence electrons. The summed E-state index contributed by atoms with van der Waals surface area (Å²) in [7, 11) is 0. The fourth-order valence-electron chi connectivity index (χ4n) is 5.40. The Kier molecular flexibility index (Phi) is 12.9. The molecule has 10 nitrogen and oxygen atoms in total. The molecule has 1 aliphatic heterocycles. The summed E-state index contributed by atoms with van der Waals surface area (Å²) in [5.41, 5.74) is 4.83. The highest BCUT2D eigenvalue weighted by Gasteiger charge is 2.33. The van der Waals surface area contributed by atoms with Gasteiger partial charge in [0.2, 0.25) is 11.8 Å². The van der Waals surface area contributed by atoms with Crippen molar-refractivity contribution in [3.8, 4) is 22.5 Å².